The number of halogens is 1. The largest absolute Gasteiger partial charge is 0.370 e. The fourth-order valence-corrected chi connectivity index (χ4v) is 3.62. The van der Waals surface area contributed by atoms with Gasteiger partial charge in [0.2, 0.25) is 0 Å². The molecule has 2 saturated heterocycles. The molecule has 5 heteroatoms. The van der Waals surface area contributed by atoms with Crippen LogP contribution < -0.4 is 5.73 Å². The Morgan fingerprint density at radius 3 is 2.42 bits per heavy atom. The Balaban J connectivity index is 0.00000208. The maximum atomic E-state index is 6.17. The van der Waals surface area contributed by atoms with Crippen molar-refractivity contribution in [2.45, 2.75) is 45.7 Å². The number of aliphatic imine (C=N–C) groups is 1. The van der Waals surface area contributed by atoms with Gasteiger partial charge in [0.25, 0.3) is 0 Å². The van der Waals surface area contributed by atoms with E-state index in [2.05, 4.69) is 46.0 Å². The summed E-state index contributed by atoms with van der Waals surface area (Å²) in [6.45, 7) is 8.64. The molecule has 24 heavy (non-hydrogen) atoms. The van der Waals surface area contributed by atoms with E-state index >= 15 is 0 Å². The zero-order chi connectivity index (χ0) is 16.1. The van der Waals surface area contributed by atoms with Crippen LogP contribution in [0.25, 0.3) is 0 Å². The normalized spacial score (nSPS) is 22.5. The molecule has 1 atom stereocenters. The summed E-state index contributed by atoms with van der Waals surface area (Å²) in [5.74, 6) is 1.43. The van der Waals surface area contributed by atoms with E-state index in [0.717, 1.165) is 25.6 Å². The minimum Gasteiger partial charge on any atom is -0.370 e. The van der Waals surface area contributed by atoms with Gasteiger partial charge >= 0.3 is 0 Å². The van der Waals surface area contributed by atoms with Gasteiger partial charge in [-0.3, -0.25) is 4.90 Å². The molecule has 2 aliphatic heterocycles. The molecule has 0 aromatic heterocycles. The first-order chi connectivity index (χ1) is 11.2. The molecule has 1 unspecified atom stereocenters. The van der Waals surface area contributed by atoms with Crippen LogP contribution in [0.5, 0.6) is 0 Å². The summed E-state index contributed by atoms with van der Waals surface area (Å²) in [6, 6.07) is 8.87. The number of hydrogen-bond acceptors (Lipinski definition) is 2. The van der Waals surface area contributed by atoms with Crippen molar-refractivity contribution in [2.24, 2.45) is 16.6 Å². The molecule has 3 rings (SSSR count). The molecule has 4 nitrogen and oxygen atoms in total. The van der Waals surface area contributed by atoms with Crippen molar-refractivity contribution in [1.29, 1.82) is 0 Å². The van der Waals surface area contributed by atoms with Crippen molar-refractivity contribution >= 4 is 29.9 Å². The topological polar surface area (TPSA) is 44.9 Å². The van der Waals surface area contributed by atoms with Crippen LogP contribution in [-0.2, 0) is 13.1 Å². The Bertz CT molecular complexity index is 523. The van der Waals surface area contributed by atoms with Gasteiger partial charge in [-0.1, -0.05) is 31.2 Å². The molecule has 2 aliphatic rings. The van der Waals surface area contributed by atoms with Gasteiger partial charge in [-0.2, -0.15) is 0 Å². The number of piperidine rings is 1. The predicted octanol–water partition coefficient (Wildman–Crippen LogP) is 3.45. The maximum Gasteiger partial charge on any atom is 0.191 e. The van der Waals surface area contributed by atoms with Gasteiger partial charge in [-0.25, -0.2) is 4.99 Å². The van der Waals surface area contributed by atoms with Crippen molar-refractivity contribution in [1.82, 2.24) is 9.80 Å². The minimum atomic E-state index is 0. The second kappa shape index (κ2) is 9.61. The summed E-state index contributed by atoms with van der Waals surface area (Å²) >= 11 is 0. The van der Waals surface area contributed by atoms with Crippen LogP contribution >= 0.6 is 24.0 Å². The summed E-state index contributed by atoms with van der Waals surface area (Å²) < 4.78 is 0. The van der Waals surface area contributed by atoms with Gasteiger partial charge in [-0.05, 0) is 55.8 Å². The zero-order valence-corrected chi connectivity index (χ0v) is 17.1. The summed E-state index contributed by atoms with van der Waals surface area (Å²) in [6.07, 6.45) is 5.23. The average molecular weight is 442 g/mol. The second-order valence-corrected chi connectivity index (χ2v) is 7.17. The number of hydrogen-bond donors (Lipinski definition) is 1. The van der Waals surface area contributed by atoms with Crippen molar-refractivity contribution < 1.29 is 0 Å². The van der Waals surface area contributed by atoms with Crippen LogP contribution in [0.3, 0.4) is 0 Å². The van der Waals surface area contributed by atoms with Gasteiger partial charge in [0.15, 0.2) is 5.96 Å². The lowest BCUT2D eigenvalue weighted by Crippen LogP contribution is -2.43. The maximum absolute atomic E-state index is 6.17. The fraction of sp³-hybridized carbons (Fsp3) is 0.632. The first-order valence-electron chi connectivity index (χ1n) is 9.06. The lowest BCUT2D eigenvalue weighted by molar-refractivity contribution is 0.270. The highest BCUT2D eigenvalue weighted by Crippen LogP contribution is 2.16. The zero-order valence-electron chi connectivity index (χ0n) is 14.8. The summed E-state index contributed by atoms with van der Waals surface area (Å²) in [7, 11) is 0. The van der Waals surface area contributed by atoms with E-state index in [0.29, 0.717) is 12.5 Å². The third-order valence-electron chi connectivity index (χ3n) is 5.03. The fourth-order valence-electron chi connectivity index (χ4n) is 3.62. The Kier molecular flexibility index (Phi) is 7.81. The predicted molar refractivity (Wildman–Crippen MR) is 112 cm³/mol. The van der Waals surface area contributed by atoms with Gasteiger partial charge in [0.1, 0.15) is 0 Å². The van der Waals surface area contributed by atoms with Crippen LogP contribution in [0.4, 0.5) is 0 Å². The minimum absolute atomic E-state index is 0. The highest BCUT2D eigenvalue weighted by molar-refractivity contribution is 14.0. The van der Waals surface area contributed by atoms with Crippen molar-refractivity contribution in [2.75, 3.05) is 26.2 Å². The monoisotopic (exact) mass is 442 g/mol. The third kappa shape index (κ3) is 5.62. The molecular weight excluding hydrogens is 411 g/mol. The summed E-state index contributed by atoms with van der Waals surface area (Å²) in [5.41, 5.74) is 8.81. The first-order valence-corrected chi connectivity index (χ1v) is 9.06. The third-order valence-corrected chi connectivity index (χ3v) is 5.03. The average Bonchev–Trinajstić information content (AvgIpc) is 3.07. The molecule has 1 aromatic rings. The van der Waals surface area contributed by atoms with Gasteiger partial charge in [0.05, 0.1) is 6.54 Å². The van der Waals surface area contributed by atoms with Gasteiger partial charge in [0, 0.05) is 19.6 Å². The lowest BCUT2D eigenvalue weighted by Gasteiger charge is -2.31. The lowest BCUT2D eigenvalue weighted by atomic mass is 10.0. The Labute approximate surface area is 163 Å². The molecule has 1 aromatic carbocycles. The van der Waals surface area contributed by atoms with Crippen LogP contribution in [0.15, 0.2) is 29.3 Å². The highest BCUT2D eigenvalue weighted by atomic mass is 127. The van der Waals surface area contributed by atoms with Crippen molar-refractivity contribution in [3.05, 3.63) is 35.4 Å². The van der Waals surface area contributed by atoms with E-state index < -0.39 is 0 Å². The molecule has 2 N–H and O–H groups in total. The van der Waals surface area contributed by atoms with Crippen molar-refractivity contribution in [3.63, 3.8) is 0 Å². The first kappa shape index (κ1) is 19.5. The smallest absolute Gasteiger partial charge is 0.191 e. The van der Waals surface area contributed by atoms with E-state index in [1.807, 2.05) is 0 Å². The number of nitrogens with zero attached hydrogens (tertiary/aromatic N) is 3. The van der Waals surface area contributed by atoms with Crippen LogP contribution in [0, 0.1) is 5.92 Å². The molecule has 0 spiro atoms. The van der Waals surface area contributed by atoms with E-state index in [4.69, 9.17) is 5.73 Å². The van der Waals surface area contributed by atoms with Crippen LogP contribution in [-0.4, -0.2) is 41.9 Å². The van der Waals surface area contributed by atoms with E-state index in [1.54, 1.807) is 0 Å². The number of nitrogens with two attached hydrogens (primary N) is 1. The second-order valence-electron chi connectivity index (χ2n) is 7.17. The number of rotatable bonds is 4. The molecular formula is C19H31IN4. The SMILES string of the molecule is CC1CCCN(C(N)=NCc2ccc(CN3CCCC3)cc2)C1.I. The summed E-state index contributed by atoms with van der Waals surface area (Å²) in [4.78, 5) is 9.36. The molecule has 0 saturated carbocycles. The number of likely N-dealkylation sites (tertiary alicyclic amines) is 2. The molecule has 0 aliphatic carbocycles. The van der Waals surface area contributed by atoms with Crippen LogP contribution in [0.2, 0.25) is 0 Å². The molecule has 2 fully saturated rings. The van der Waals surface area contributed by atoms with Gasteiger partial charge < -0.3 is 10.6 Å². The standard InChI is InChI=1S/C19H30N4.HI/c1-16-5-4-12-23(14-16)19(20)21-13-17-6-8-18(9-7-17)15-22-10-2-3-11-22;/h6-9,16H,2-5,10-15H2,1H3,(H2,20,21);1H. The van der Waals surface area contributed by atoms with Crippen molar-refractivity contribution in [3.8, 4) is 0 Å². The summed E-state index contributed by atoms with van der Waals surface area (Å²) in [5, 5.41) is 0. The highest BCUT2D eigenvalue weighted by Gasteiger charge is 2.17. The van der Waals surface area contributed by atoms with Crippen LogP contribution in [0.1, 0.15) is 43.7 Å². The van der Waals surface area contributed by atoms with Gasteiger partial charge in [-0.15, -0.1) is 24.0 Å². The molecule has 0 amide bonds. The quantitative estimate of drug-likeness (QED) is 0.442. The Morgan fingerprint density at radius 1 is 1.08 bits per heavy atom. The van der Waals surface area contributed by atoms with E-state index in [-0.39, 0.29) is 24.0 Å². The molecule has 2 heterocycles. The van der Waals surface area contributed by atoms with E-state index in [1.165, 1.54) is 49.9 Å². The van der Waals surface area contributed by atoms with E-state index in [9.17, 15) is 0 Å². The molecule has 134 valence electrons. The molecule has 0 radical (unpaired) electrons. The number of guanidine groups is 1. The molecule has 0 bridgehead atoms. The number of benzene rings is 1. The Hall–Kier alpha value is -0.820. The Morgan fingerprint density at radius 2 is 1.75 bits per heavy atom.